The number of carbonyl (C=O) groups excluding carboxylic acids is 2. The Labute approximate surface area is 111 Å². The van der Waals surface area contributed by atoms with Crippen molar-refractivity contribution < 1.29 is 19.5 Å². The van der Waals surface area contributed by atoms with Crippen molar-refractivity contribution in [2.75, 3.05) is 6.54 Å². The van der Waals surface area contributed by atoms with Crippen LogP contribution in [0.4, 0.5) is 0 Å². The Morgan fingerprint density at radius 3 is 2.47 bits per heavy atom. The largest absolute Gasteiger partial charge is 0.480 e. The number of carboxylic acids is 1. The smallest absolute Gasteiger partial charge is 0.329 e. The van der Waals surface area contributed by atoms with E-state index in [0.29, 0.717) is 32.2 Å². The van der Waals surface area contributed by atoms with E-state index in [9.17, 15) is 19.5 Å². The molecule has 1 aliphatic heterocycles. The van der Waals surface area contributed by atoms with E-state index >= 15 is 0 Å². The second kappa shape index (κ2) is 5.59. The van der Waals surface area contributed by atoms with Gasteiger partial charge in [0.1, 0.15) is 5.54 Å². The van der Waals surface area contributed by atoms with Crippen molar-refractivity contribution in [3.05, 3.63) is 0 Å². The molecule has 6 nitrogen and oxygen atoms in total. The second-order valence-electron chi connectivity index (χ2n) is 5.48. The van der Waals surface area contributed by atoms with Crippen molar-refractivity contribution in [2.45, 2.75) is 50.5 Å². The van der Waals surface area contributed by atoms with Gasteiger partial charge in [0.15, 0.2) is 0 Å². The number of rotatable bonds is 3. The van der Waals surface area contributed by atoms with E-state index in [4.69, 9.17) is 0 Å². The van der Waals surface area contributed by atoms with Gasteiger partial charge in [-0.3, -0.25) is 9.59 Å². The molecule has 0 spiro atoms. The molecule has 2 rings (SSSR count). The third kappa shape index (κ3) is 3.05. The minimum Gasteiger partial charge on any atom is -0.480 e. The molecule has 1 atom stereocenters. The summed E-state index contributed by atoms with van der Waals surface area (Å²) in [6.45, 7) is 0.306. The molecule has 3 N–H and O–H groups in total. The van der Waals surface area contributed by atoms with Gasteiger partial charge in [0, 0.05) is 13.0 Å². The predicted molar refractivity (Wildman–Crippen MR) is 67.3 cm³/mol. The lowest BCUT2D eigenvalue weighted by atomic mass is 9.81. The number of amides is 2. The fourth-order valence-electron chi connectivity index (χ4n) is 2.84. The molecule has 1 saturated carbocycles. The summed E-state index contributed by atoms with van der Waals surface area (Å²) in [5, 5.41) is 14.8. The van der Waals surface area contributed by atoms with Gasteiger partial charge >= 0.3 is 5.97 Å². The van der Waals surface area contributed by atoms with E-state index in [0.717, 1.165) is 19.3 Å². The van der Waals surface area contributed by atoms with E-state index in [1.54, 1.807) is 0 Å². The highest BCUT2D eigenvalue weighted by molar-refractivity contribution is 5.89. The Morgan fingerprint density at radius 1 is 1.26 bits per heavy atom. The van der Waals surface area contributed by atoms with Crippen molar-refractivity contribution in [1.29, 1.82) is 0 Å². The molecule has 1 aliphatic carbocycles. The van der Waals surface area contributed by atoms with E-state index < -0.39 is 11.5 Å². The number of nitrogens with one attached hydrogen (secondary N) is 2. The fraction of sp³-hybridized carbons (Fsp3) is 0.769. The average molecular weight is 268 g/mol. The van der Waals surface area contributed by atoms with Crippen LogP contribution in [0.3, 0.4) is 0 Å². The maximum Gasteiger partial charge on any atom is 0.329 e. The number of aliphatic carboxylic acids is 1. The third-order valence-corrected chi connectivity index (χ3v) is 4.12. The molecule has 1 heterocycles. The van der Waals surface area contributed by atoms with Crippen molar-refractivity contribution in [2.24, 2.45) is 5.92 Å². The van der Waals surface area contributed by atoms with Crippen LogP contribution in [0.5, 0.6) is 0 Å². The maximum atomic E-state index is 12.2. The standard InChI is InChI=1S/C13H20N2O4/c16-10-5-4-9(8-14-10)11(17)15-13(12(18)19)6-2-1-3-7-13/h9H,1-8H2,(H,14,16)(H,15,17)(H,18,19). The van der Waals surface area contributed by atoms with Crippen LogP contribution in [-0.4, -0.2) is 35.0 Å². The molecule has 106 valence electrons. The van der Waals surface area contributed by atoms with Gasteiger partial charge in [-0.1, -0.05) is 19.3 Å². The molecule has 1 saturated heterocycles. The fourth-order valence-corrected chi connectivity index (χ4v) is 2.84. The molecule has 2 aliphatic rings. The molecule has 0 aromatic rings. The Bertz CT molecular complexity index is 378. The average Bonchev–Trinajstić information content (AvgIpc) is 2.40. The summed E-state index contributed by atoms with van der Waals surface area (Å²) in [6, 6.07) is 0. The van der Waals surface area contributed by atoms with Gasteiger partial charge in [0.05, 0.1) is 5.92 Å². The minimum atomic E-state index is -1.10. The molecule has 19 heavy (non-hydrogen) atoms. The van der Waals surface area contributed by atoms with Crippen LogP contribution in [0.15, 0.2) is 0 Å². The molecule has 6 heteroatoms. The summed E-state index contributed by atoms with van der Waals surface area (Å²) >= 11 is 0. The van der Waals surface area contributed by atoms with Crippen molar-refractivity contribution >= 4 is 17.8 Å². The molecule has 0 aromatic carbocycles. The van der Waals surface area contributed by atoms with Crippen molar-refractivity contribution in [3.63, 3.8) is 0 Å². The SMILES string of the molecule is O=C1CCC(C(=O)NC2(C(=O)O)CCCCC2)CN1. The topological polar surface area (TPSA) is 95.5 Å². The number of carbonyl (C=O) groups is 3. The zero-order valence-electron chi connectivity index (χ0n) is 10.9. The van der Waals surface area contributed by atoms with Gasteiger partial charge in [-0.2, -0.15) is 0 Å². The highest BCUT2D eigenvalue weighted by Gasteiger charge is 2.42. The molecular formula is C13H20N2O4. The van der Waals surface area contributed by atoms with Gasteiger partial charge < -0.3 is 15.7 Å². The van der Waals surface area contributed by atoms with Gasteiger partial charge in [-0.25, -0.2) is 4.79 Å². The van der Waals surface area contributed by atoms with Crippen LogP contribution in [-0.2, 0) is 14.4 Å². The summed E-state index contributed by atoms with van der Waals surface area (Å²) in [6.07, 6.45) is 4.48. The Kier molecular flexibility index (Phi) is 4.07. The highest BCUT2D eigenvalue weighted by atomic mass is 16.4. The molecule has 0 radical (unpaired) electrons. The summed E-state index contributed by atoms with van der Waals surface area (Å²) in [4.78, 5) is 34.7. The first kappa shape index (κ1) is 13.8. The van der Waals surface area contributed by atoms with E-state index in [-0.39, 0.29) is 17.7 Å². The van der Waals surface area contributed by atoms with E-state index in [1.807, 2.05) is 0 Å². The molecule has 0 bridgehead atoms. The lowest BCUT2D eigenvalue weighted by molar-refractivity contribution is -0.150. The Hall–Kier alpha value is -1.59. The van der Waals surface area contributed by atoms with Crippen molar-refractivity contribution in [3.8, 4) is 0 Å². The normalized spacial score (nSPS) is 26.3. The number of hydrogen-bond acceptors (Lipinski definition) is 3. The first-order valence-corrected chi connectivity index (χ1v) is 6.86. The number of carboxylic acid groups (broad SMARTS) is 1. The van der Waals surface area contributed by atoms with E-state index in [1.165, 1.54) is 0 Å². The second-order valence-corrected chi connectivity index (χ2v) is 5.48. The highest BCUT2D eigenvalue weighted by Crippen LogP contribution is 2.29. The van der Waals surface area contributed by atoms with Crippen LogP contribution < -0.4 is 10.6 Å². The van der Waals surface area contributed by atoms with Gasteiger partial charge in [-0.15, -0.1) is 0 Å². The van der Waals surface area contributed by atoms with Crippen LogP contribution in [0.2, 0.25) is 0 Å². The summed E-state index contributed by atoms with van der Waals surface area (Å²) < 4.78 is 0. The monoisotopic (exact) mass is 268 g/mol. The molecule has 0 aromatic heterocycles. The summed E-state index contributed by atoms with van der Waals surface area (Å²) in [5.74, 6) is -1.55. The third-order valence-electron chi connectivity index (χ3n) is 4.12. The zero-order valence-corrected chi connectivity index (χ0v) is 10.9. The first-order chi connectivity index (χ1) is 9.03. The van der Waals surface area contributed by atoms with Gasteiger partial charge in [0.25, 0.3) is 0 Å². The lowest BCUT2D eigenvalue weighted by Crippen LogP contribution is -2.58. The quantitative estimate of drug-likeness (QED) is 0.691. The minimum absolute atomic E-state index is 0.0466. The zero-order chi connectivity index (χ0) is 13.9. The summed E-state index contributed by atoms with van der Waals surface area (Å²) in [5.41, 5.74) is -1.10. The molecule has 2 amide bonds. The Balaban J connectivity index is 1.99. The van der Waals surface area contributed by atoms with Crippen LogP contribution in [0, 0.1) is 5.92 Å². The van der Waals surface area contributed by atoms with Crippen LogP contribution in [0.1, 0.15) is 44.9 Å². The number of hydrogen-bond donors (Lipinski definition) is 3. The van der Waals surface area contributed by atoms with Crippen molar-refractivity contribution in [1.82, 2.24) is 10.6 Å². The van der Waals surface area contributed by atoms with Crippen LogP contribution >= 0.6 is 0 Å². The molecule has 1 unspecified atom stereocenters. The number of piperidine rings is 1. The van der Waals surface area contributed by atoms with E-state index in [2.05, 4.69) is 10.6 Å². The molecular weight excluding hydrogens is 248 g/mol. The maximum absolute atomic E-state index is 12.2. The molecule has 2 fully saturated rings. The van der Waals surface area contributed by atoms with Gasteiger partial charge in [0.2, 0.25) is 11.8 Å². The predicted octanol–water partition coefficient (Wildman–Crippen LogP) is 0.416. The lowest BCUT2D eigenvalue weighted by Gasteiger charge is -2.35. The summed E-state index contributed by atoms with van der Waals surface area (Å²) in [7, 11) is 0. The van der Waals surface area contributed by atoms with Gasteiger partial charge in [-0.05, 0) is 19.3 Å². The first-order valence-electron chi connectivity index (χ1n) is 6.86. The Morgan fingerprint density at radius 2 is 1.95 bits per heavy atom. The van der Waals surface area contributed by atoms with Crippen LogP contribution in [0.25, 0.3) is 0 Å².